The van der Waals surface area contributed by atoms with Crippen LogP contribution in [-0.4, -0.2) is 19.1 Å². The molecule has 0 saturated heterocycles. The average Bonchev–Trinajstić information content (AvgIpc) is 2.49. The van der Waals surface area contributed by atoms with Gasteiger partial charge in [-0.2, -0.15) is 0 Å². The maximum Gasteiger partial charge on any atom is 0.255 e. The van der Waals surface area contributed by atoms with E-state index in [0.717, 1.165) is 3.57 Å². The zero-order chi connectivity index (χ0) is 14.8. The number of halogens is 2. The lowest BCUT2D eigenvalue weighted by Gasteiger charge is -2.18. The molecule has 0 spiro atoms. The molecule has 1 heterocycles. The molecule has 0 unspecified atom stereocenters. The Kier molecular flexibility index (Phi) is 3.96. The molecule has 4 nitrogen and oxygen atoms in total. The number of hydrogen-bond donors (Lipinski definition) is 1. The number of carbonyl (C=O) groups is 1. The van der Waals surface area contributed by atoms with Gasteiger partial charge in [0, 0.05) is 9.13 Å². The van der Waals surface area contributed by atoms with Crippen molar-refractivity contribution in [2.24, 2.45) is 0 Å². The number of carbonyl (C=O) groups excluding carboxylic acids is 1. The van der Waals surface area contributed by atoms with Gasteiger partial charge in [-0.1, -0.05) is 0 Å². The second-order valence-corrected chi connectivity index (χ2v) is 5.68. The van der Waals surface area contributed by atoms with Crippen molar-refractivity contribution in [3.05, 3.63) is 51.3 Å². The first-order chi connectivity index (χ1) is 10.1. The molecular formula is C15H11FINO3. The fourth-order valence-corrected chi connectivity index (χ4v) is 2.42. The van der Waals surface area contributed by atoms with Gasteiger partial charge in [0.2, 0.25) is 0 Å². The fraction of sp³-hybridized carbons (Fsp3) is 0.133. The monoisotopic (exact) mass is 399 g/mol. The predicted octanol–water partition coefficient (Wildman–Crippen LogP) is 3.45. The van der Waals surface area contributed by atoms with Crippen LogP contribution in [0.5, 0.6) is 11.5 Å². The minimum Gasteiger partial charge on any atom is -0.486 e. The van der Waals surface area contributed by atoms with Crippen molar-refractivity contribution >= 4 is 34.2 Å². The van der Waals surface area contributed by atoms with E-state index in [2.05, 4.69) is 5.32 Å². The Bertz CT molecular complexity index is 705. The van der Waals surface area contributed by atoms with Crippen LogP contribution in [0.15, 0.2) is 36.4 Å². The quantitative estimate of drug-likeness (QED) is 0.788. The summed E-state index contributed by atoms with van der Waals surface area (Å²) in [6.07, 6.45) is 0. The smallest absolute Gasteiger partial charge is 0.255 e. The highest BCUT2D eigenvalue weighted by atomic mass is 127. The summed E-state index contributed by atoms with van der Waals surface area (Å²) in [7, 11) is 0. The van der Waals surface area contributed by atoms with Crippen molar-refractivity contribution in [1.82, 2.24) is 0 Å². The first kappa shape index (κ1) is 14.1. The van der Waals surface area contributed by atoms with Crippen LogP contribution in [0.2, 0.25) is 0 Å². The number of hydrogen-bond acceptors (Lipinski definition) is 3. The molecule has 6 heteroatoms. The van der Waals surface area contributed by atoms with Gasteiger partial charge in [-0.25, -0.2) is 4.39 Å². The lowest BCUT2D eigenvalue weighted by Crippen LogP contribution is -2.17. The molecule has 3 rings (SSSR count). The maximum absolute atomic E-state index is 13.7. The van der Waals surface area contributed by atoms with E-state index in [4.69, 9.17) is 9.47 Å². The van der Waals surface area contributed by atoms with Crippen molar-refractivity contribution in [2.75, 3.05) is 18.5 Å². The average molecular weight is 399 g/mol. The van der Waals surface area contributed by atoms with Gasteiger partial charge in [0.15, 0.2) is 11.5 Å². The van der Waals surface area contributed by atoms with Crippen LogP contribution in [0.3, 0.4) is 0 Å². The minimum atomic E-state index is -0.465. The Hall–Kier alpha value is -1.83. The standard InChI is InChI=1S/C15H11FINO3/c16-11-8-10(17)2-3-12(11)18-15(19)9-1-4-13-14(7-9)21-6-5-20-13/h1-4,7-8H,5-6H2,(H,18,19). The number of nitrogens with one attached hydrogen (secondary N) is 1. The van der Waals surface area contributed by atoms with E-state index in [-0.39, 0.29) is 5.69 Å². The molecule has 0 bridgehead atoms. The van der Waals surface area contributed by atoms with Gasteiger partial charge in [0.1, 0.15) is 19.0 Å². The zero-order valence-corrected chi connectivity index (χ0v) is 13.0. The molecule has 21 heavy (non-hydrogen) atoms. The van der Waals surface area contributed by atoms with Crippen LogP contribution in [0.4, 0.5) is 10.1 Å². The first-order valence-electron chi connectivity index (χ1n) is 6.29. The van der Waals surface area contributed by atoms with E-state index in [1.165, 1.54) is 12.1 Å². The molecule has 0 saturated carbocycles. The van der Waals surface area contributed by atoms with Crippen molar-refractivity contribution < 1.29 is 18.7 Å². The third-order valence-electron chi connectivity index (χ3n) is 2.98. The molecular weight excluding hydrogens is 388 g/mol. The molecule has 0 fully saturated rings. The van der Waals surface area contributed by atoms with Gasteiger partial charge < -0.3 is 14.8 Å². The molecule has 2 aromatic carbocycles. The van der Waals surface area contributed by atoms with Crippen LogP contribution in [0.25, 0.3) is 0 Å². The molecule has 0 atom stereocenters. The molecule has 1 N–H and O–H groups in total. The summed E-state index contributed by atoms with van der Waals surface area (Å²) in [4.78, 5) is 12.2. The van der Waals surface area contributed by atoms with Crippen LogP contribution in [-0.2, 0) is 0 Å². The van der Waals surface area contributed by atoms with E-state index in [1.807, 2.05) is 22.6 Å². The van der Waals surface area contributed by atoms with Gasteiger partial charge in [0.05, 0.1) is 5.69 Å². The van der Waals surface area contributed by atoms with Gasteiger partial charge in [-0.3, -0.25) is 4.79 Å². The highest BCUT2D eigenvalue weighted by molar-refractivity contribution is 14.1. The third-order valence-corrected chi connectivity index (χ3v) is 3.65. The second-order valence-electron chi connectivity index (χ2n) is 4.44. The highest BCUT2D eigenvalue weighted by Gasteiger charge is 2.16. The van der Waals surface area contributed by atoms with Crippen molar-refractivity contribution in [3.8, 4) is 11.5 Å². The largest absolute Gasteiger partial charge is 0.486 e. The Labute approximate surface area is 134 Å². The van der Waals surface area contributed by atoms with Crippen molar-refractivity contribution in [2.45, 2.75) is 0 Å². The van der Waals surface area contributed by atoms with E-state index in [9.17, 15) is 9.18 Å². The molecule has 0 radical (unpaired) electrons. The van der Waals surface area contributed by atoms with E-state index in [0.29, 0.717) is 30.3 Å². The summed E-state index contributed by atoms with van der Waals surface area (Å²) in [6.45, 7) is 0.941. The molecule has 2 aromatic rings. The lowest BCUT2D eigenvalue weighted by atomic mass is 10.1. The van der Waals surface area contributed by atoms with E-state index < -0.39 is 11.7 Å². The van der Waals surface area contributed by atoms with Crippen LogP contribution in [0.1, 0.15) is 10.4 Å². The lowest BCUT2D eigenvalue weighted by molar-refractivity contribution is 0.102. The van der Waals surface area contributed by atoms with Gasteiger partial charge >= 0.3 is 0 Å². The first-order valence-corrected chi connectivity index (χ1v) is 7.37. The normalized spacial score (nSPS) is 12.9. The van der Waals surface area contributed by atoms with Crippen molar-refractivity contribution in [3.63, 3.8) is 0 Å². The molecule has 1 aliphatic rings. The fourth-order valence-electron chi connectivity index (χ4n) is 1.97. The third kappa shape index (κ3) is 3.10. The van der Waals surface area contributed by atoms with E-state index in [1.54, 1.807) is 24.3 Å². The second kappa shape index (κ2) is 5.88. The number of amides is 1. The highest BCUT2D eigenvalue weighted by Crippen LogP contribution is 2.31. The SMILES string of the molecule is O=C(Nc1ccc(I)cc1F)c1ccc2c(c1)OCCO2. The number of ether oxygens (including phenoxy) is 2. The number of rotatable bonds is 2. The Morgan fingerprint density at radius 3 is 2.62 bits per heavy atom. The topological polar surface area (TPSA) is 47.6 Å². The maximum atomic E-state index is 13.7. The molecule has 0 aromatic heterocycles. The molecule has 0 aliphatic carbocycles. The summed E-state index contributed by atoms with van der Waals surface area (Å²) in [5.41, 5.74) is 0.535. The Morgan fingerprint density at radius 1 is 1.10 bits per heavy atom. The van der Waals surface area contributed by atoms with Crippen LogP contribution < -0.4 is 14.8 Å². The Morgan fingerprint density at radius 2 is 1.86 bits per heavy atom. The van der Waals surface area contributed by atoms with E-state index >= 15 is 0 Å². The number of benzene rings is 2. The molecule has 1 amide bonds. The predicted molar refractivity (Wildman–Crippen MR) is 84.5 cm³/mol. The summed E-state index contributed by atoms with van der Waals surface area (Å²) < 4.78 is 25.3. The Balaban J connectivity index is 1.82. The van der Waals surface area contributed by atoms with Gasteiger partial charge in [-0.15, -0.1) is 0 Å². The number of anilines is 1. The number of fused-ring (bicyclic) bond motifs is 1. The van der Waals surface area contributed by atoms with Crippen LogP contribution >= 0.6 is 22.6 Å². The zero-order valence-electron chi connectivity index (χ0n) is 10.9. The minimum absolute atomic E-state index is 0.148. The molecule has 108 valence electrons. The van der Waals surface area contributed by atoms with Crippen LogP contribution in [0, 0.1) is 9.39 Å². The molecule has 1 aliphatic heterocycles. The van der Waals surface area contributed by atoms with Crippen molar-refractivity contribution in [1.29, 1.82) is 0 Å². The summed E-state index contributed by atoms with van der Waals surface area (Å²) in [6, 6.07) is 9.51. The summed E-state index contributed by atoms with van der Waals surface area (Å²) >= 11 is 2.01. The van der Waals surface area contributed by atoms with Gasteiger partial charge in [0.25, 0.3) is 5.91 Å². The summed E-state index contributed by atoms with van der Waals surface area (Å²) in [5.74, 6) is 0.273. The van der Waals surface area contributed by atoms with Gasteiger partial charge in [-0.05, 0) is 59.0 Å². The summed E-state index contributed by atoms with van der Waals surface area (Å²) in [5, 5.41) is 2.55.